The van der Waals surface area contributed by atoms with Gasteiger partial charge in [-0.3, -0.25) is 0 Å². The molecule has 1 saturated heterocycles. The quantitative estimate of drug-likeness (QED) is 0.723. The summed E-state index contributed by atoms with van der Waals surface area (Å²) in [6.45, 7) is 9.20. The van der Waals surface area contributed by atoms with Gasteiger partial charge in [-0.15, -0.1) is 0 Å². The molecule has 1 aliphatic rings. The highest BCUT2D eigenvalue weighted by atomic mass is 16.6. The maximum atomic E-state index is 11.8. The van der Waals surface area contributed by atoms with Crippen LogP contribution in [0.1, 0.15) is 34.1 Å². The second-order valence-corrected chi connectivity index (χ2v) is 4.46. The summed E-state index contributed by atoms with van der Waals surface area (Å²) in [5.41, 5.74) is 0. The molecule has 1 amide bonds. The van der Waals surface area contributed by atoms with E-state index in [1.54, 1.807) is 4.90 Å². The number of nitrogens with zero attached hydrogens (tertiary/aromatic N) is 1. The molecular weight excluding hydrogens is 194 g/mol. The van der Waals surface area contributed by atoms with Crippen LogP contribution in [-0.2, 0) is 9.47 Å². The average Bonchev–Trinajstić information content (AvgIpc) is 2.54. The van der Waals surface area contributed by atoms with Crippen LogP contribution in [0.3, 0.4) is 0 Å². The van der Waals surface area contributed by atoms with Crippen molar-refractivity contribution in [2.24, 2.45) is 0 Å². The van der Waals surface area contributed by atoms with Gasteiger partial charge in [-0.05, 0) is 27.7 Å². The Bertz CT molecular complexity index is 202. The van der Waals surface area contributed by atoms with Crippen LogP contribution in [-0.4, -0.2) is 42.4 Å². The molecule has 0 radical (unpaired) electrons. The predicted octanol–water partition coefficient (Wildman–Crippen LogP) is 2.03. The molecule has 1 unspecified atom stereocenters. The van der Waals surface area contributed by atoms with E-state index in [0.717, 1.165) is 6.42 Å². The fourth-order valence-electron chi connectivity index (χ4n) is 1.83. The molecule has 0 spiro atoms. The molecule has 0 aromatic carbocycles. The predicted molar refractivity (Wildman–Crippen MR) is 57.8 cm³/mol. The molecule has 0 aromatic rings. The van der Waals surface area contributed by atoms with Crippen molar-refractivity contribution in [3.63, 3.8) is 0 Å². The summed E-state index contributed by atoms with van der Waals surface area (Å²) in [4.78, 5) is 13.6. The Kier molecular flexibility index (Phi) is 4.39. The Balaban J connectivity index is 2.48. The summed E-state index contributed by atoms with van der Waals surface area (Å²) in [5.74, 6) is 0. The van der Waals surface area contributed by atoms with E-state index < -0.39 is 0 Å². The highest BCUT2D eigenvalue weighted by Crippen LogP contribution is 2.13. The summed E-state index contributed by atoms with van der Waals surface area (Å²) in [5, 5.41) is 0. The van der Waals surface area contributed by atoms with E-state index in [9.17, 15) is 4.79 Å². The smallest absolute Gasteiger partial charge is 0.410 e. The molecule has 0 aliphatic carbocycles. The van der Waals surface area contributed by atoms with Gasteiger partial charge < -0.3 is 14.4 Å². The van der Waals surface area contributed by atoms with E-state index in [-0.39, 0.29) is 24.3 Å². The first-order chi connectivity index (χ1) is 7.02. The minimum atomic E-state index is -0.226. The monoisotopic (exact) mass is 215 g/mol. The second-order valence-electron chi connectivity index (χ2n) is 4.46. The fourth-order valence-corrected chi connectivity index (χ4v) is 1.83. The standard InChI is InChI=1S/C11H21NO3/c1-8(2)12(9(3)4)11(13)15-10-5-6-14-7-10/h8-10H,5-7H2,1-4H3. The van der Waals surface area contributed by atoms with Gasteiger partial charge in [0.15, 0.2) is 0 Å². The van der Waals surface area contributed by atoms with Crippen molar-refractivity contribution in [1.29, 1.82) is 0 Å². The van der Waals surface area contributed by atoms with Gasteiger partial charge in [0.05, 0.1) is 13.2 Å². The van der Waals surface area contributed by atoms with Crippen LogP contribution < -0.4 is 0 Å². The van der Waals surface area contributed by atoms with E-state index in [1.807, 2.05) is 27.7 Å². The van der Waals surface area contributed by atoms with E-state index in [4.69, 9.17) is 9.47 Å². The van der Waals surface area contributed by atoms with Gasteiger partial charge in [-0.2, -0.15) is 0 Å². The van der Waals surface area contributed by atoms with Gasteiger partial charge in [0.25, 0.3) is 0 Å². The maximum Gasteiger partial charge on any atom is 0.410 e. The molecule has 0 aromatic heterocycles. The van der Waals surface area contributed by atoms with Crippen LogP contribution >= 0.6 is 0 Å². The van der Waals surface area contributed by atoms with Gasteiger partial charge in [0, 0.05) is 18.5 Å². The van der Waals surface area contributed by atoms with E-state index in [2.05, 4.69) is 0 Å². The number of amides is 1. The zero-order chi connectivity index (χ0) is 11.4. The number of rotatable bonds is 3. The Morgan fingerprint density at radius 2 is 1.93 bits per heavy atom. The minimum Gasteiger partial charge on any atom is -0.444 e. The summed E-state index contributed by atoms with van der Waals surface area (Å²) in [6.07, 6.45) is 0.531. The largest absolute Gasteiger partial charge is 0.444 e. The third-order valence-electron chi connectivity index (χ3n) is 2.48. The lowest BCUT2D eigenvalue weighted by Gasteiger charge is -2.30. The molecule has 1 aliphatic heterocycles. The lowest BCUT2D eigenvalue weighted by molar-refractivity contribution is 0.0396. The van der Waals surface area contributed by atoms with Crippen molar-refractivity contribution in [1.82, 2.24) is 4.90 Å². The van der Waals surface area contributed by atoms with Crippen LogP contribution in [0.15, 0.2) is 0 Å². The summed E-state index contributed by atoms with van der Waals surface area (Å²) >= 11 is 0. The van der Waals surface area contributed by atoms with Crippen LogP contribution in [0, 0.1) is 0 Å². The Morgan fingerprint density at radius 3 is 2.33 bits per heavy atom. The molecule has 88 valence electrons. The lowest BCUT2D eigenvalue weighted by Crippen LogP contribution is -2.43. The molecular formula is C11H21NO3. The molecule has 1 heterocycles. The Hall–Kier alpha value is -0.770. The molecule has 0 bridgehead atoms. The maximum absolute atomic E-state index is 11.8. The van der Waals surface area contributed by atoms with Crippen LogP contribution in [0.25, 0.3) is 0 Å². The summed E-state index contributed by atoms with van der Waals surface area (Å²) in [6, 6.07) is 0.333. The number of carbonyl (C=O) groups excluding carboxylic acids is 1. The average molecular weight is 215 g/mol. The normalized spacial score (nSPS) is 21.1. The summed E-state index contributed by atoms with van der Waals surface area (Å²) in [7, 11) is 0. The van der Waals surface area contributed by atoms with Crippen molar-refractivity contribution < 1.29 is 14.3 Å². The zero-order valence-corrected chi connectivity index (χ0v) is 10.0. The molecule has 1 rings (SSSR count). The number of hydrogen-bond donors (Lipinski definition) is 0. The fraction of sp³-hybridized carbons (Fsp3) is 0.909. The summed E-state index contributed by atoms with van der Waals surface area (Å²) < 4.78 is 10.5. The lowest BCUT2D eigenvalue weighted by atomic mass is 10.2. The first kappa shape index (κ1) is 12.3. The van der Waals surface area contributed by atoms with Gasteiger partial charge >= 0.3 is 6.09 Å². The molecule has 1 fully saturated rings. The zero-order valence-electron chi connectivity index (χ0n) is 10.0. The van der Waals surface area contributed by atoms with Crippen molar-refractivity contribution in [2.75, 3.05) is 13.2 Å². The molecule has 0 saturated carbocycles. The highest BCUT2D eigenvalue weighted by molar-refractivity contribution is 5.68. The number of hydrogen-bond acceptors (Lipinski definition) is 3. The van der Waals surface area contributed by atoms with Gasteiger partial charge in [-0.25, -0.2) is 4.79 Å². The van der Waals surface area contributed by atoms with E-state index in [1.165, 1.54) is 0 Å². The SMILES string of the molecule is CC(C)N(C(=O)OC1CCOC1)C(C)C. The highest BCUT2D eigenvalue weighted by Gasteiger charge is 2.26. The molecule has 15 heavy (non-hydrogen) atoms. The van der Waals surface area contributed by atoms with E-state index >= 15 is 0 Å². The Morgan fingerprint density at radius 1 is 1.33 bits per heavy atom. The van der Waals surface area contributed by atoms with Crippen molar-refractivity contribution >= 4 is 6.09 Å². The van der Waals surface area contributed by atoms with Crippen LogP contribution in [0.4, 0.5) is 4.79 Å². The minimum absolute atomic E-state index is 0.0579. The first-order valence-corrected chi connectivity index (χ1v) is 5.59. The molecule has 1 atom stereocenters. The van der Waals surface area contributed by atoms with Gasteiger partial charge in [0.1, 0.15) is 6.10 Å². The van der Waals surface area contributed by atoms with Crippen molar-refractivity contribution in [2.45, 2.75) is 52.3 Å². The van der Waals surface area contributed by atoms with Gasteiger partial charge in [-0.1, -0.05) is 0 Å². The van der Waals surface area contributed by atoms with Crippen LogP contribution in [0.5, 0.6) is 0 Å². The van der Waals surface area contributed by atoms with Crippen LogP contribution in [0.2, 0.25) is 0 Å². The molecule has 4 nitrogen and oxygen atoms in total. The topological polar surface area (TPSA) is 38.8 Å². The third kappa shape index (κ3) is 3.38. The molecule has 4 heteroatoms. The number of ether oxygens (including phenoxy) is 2. The second kappa shape index (κ2) is 5.35. The Labute approximate surface area is 91.5 Å². The number of carbonyl (C=O) groups is 1. The van der Waals surface area contributed by atoms with E-state index in [0.29, 0.717) is 13.2 Å². The van der Waals surface area contributed by atoms with Gasteiger partial charge in [0.2, 0.25) is 0 Å². The van der Waals surface area contributed by atoms with Crippen molar-refractivity contribution in [3.8, 4) is 0 Å². The first-order valence-electron chi connectivity index (χ1n) is 5.59. The molecule has 0 N–H and O–H groups in total. The van der Waals surface area contributed by atoms with Crippen molar-refractivity contribution in [3.05, 3.63) is 0 Å². The third-order valence-corrected chi connectivity index (χ3v) is 2.48.